The molecular formula is C21H22Cl2N4O2S. The minimum absolute atomic E-state index is 0.0327. The highest BCUT2D eigenvalue weighted by Crippen LogP contribution is 2.32. The fraction of sp³-hybridized carbons (Fsp3) is 0.286. The Morgan fingerprint density at radius 3 is 2.70 bits per heavy atom. The second kappa shape index (κ2) is 10.3. The summed E-state index contributed by atoms with van der Waals surface area (Å²) in [5.41, 5.74) is 3.12. The maximum Gasteiger partial charge on any atom is 0.246 e. The van der Waals surface area contributed by atoms with E-state index in [0.717, 1.165) is 5.75 Å². The first-order valence-electron chi connectivity index (χ1n) is 9.27. The zero-order valence-electron chi connectivity index (χ0n) is 16.9. The van der Waals surface area contributed by atoms with Gasteiger partial charge in [-0.1, -0.05) is 59.2 Å². The van der Waals surface area contributed by atoms with Crippen LogP contribution in [0, 0.1) is 6.92 Å². The van der Waals surface area contributed by atoms with Crippen molar-refractivity contribution in [3.63, 3.8) is 0 Å². The number of nitrogens with zero attached hydrogens (tertiary/aromatic N) is 3. The van der Waals surface area contributed by atoms with E-state index in [1.807, 2.05) is 29.7 Å². The number of aromatic nitrogens is 3. The molecule has 30 heavy (non-hydrogen) atoms. The van der Waals surface area contributed by atoms with E-state index in [-0.39, 0.29) is 12.5 Å². The molecule has 0 bridgehead atoms. The second-order valence-corrected chi connectivity index (χ2v) is 8.50. The molecule has 3 rings (SSSR count). The highest BCUT2D eigenvalue weighted by molar-refractivity contribution is 7.98. The van der Waals surface area contributed by atoms with Crippen LogP contribution in [0.4, 0.5) is 0 Å². The Kier molecular flexibility index (Phi) is 7.77. The highest BCUT2D eigenvalue weighted by atomic mass is 35.5. The minimum Gasteiger partial charge on any atom is -0.375 e. The van der Waals surface area contributed by atoms with Crippen LogP contribution in [0.3, 0.4) is 0 Å². The molecule has 1 N–H and O–H groups in total. The summed E-state index contributed by atoms with van der Waals surface area (Å²) < 4.78 is 6.76. The van der Waals surface area contributed by atoms with E-state index in [1.54, 1.807) is 23.9 Å². The van der Waals surface area contributed by atoms with E-state index in [2.05, 4.69) is 34.6 Å². The van der Waals surface area contributed by atoms with Crippen LogP contribution in [0.25, 0.3) is 5.69 Å². The van der Waals surface area contributed by atoms with E-state index in [0.29, 0.717) is 26.7 Å². The molecule has 1 atom stereocenters. The molecule has 0 aliphatic heterocycles. The van der Waals surface area contributed by atoms with Crippen molar-refractivity contribution in [3.05, 3.63) is 69.5 Å². The lowest BCUT2D eigenvalue weighted by Gasteiger charge is -2.17. The number of amides is 1. The SMILES string of the molecule is COCC(=O)NC(C)c1nnc(SCc2ccccc2C)n1-c1ccc(Cl)cc1Cl. The van der Waals surface area contributed by atoms with Crippen molar-refractivity contribution in [2.24, 2.45) is 0 Å². The number of rotatable bonds is 8. The van der Waals surface area contributed by atoms with Crippen molar-refractivity contribution >= 4 is 40.9 Å². The first-order valence-corrected chi connectivity index (χ1v) is 11.0. The molecule has 1 aromatic heterocycles. The number of halogens is 2. The standard InChI is InChI=1S/C21H22Cl2N4O2S/c1-13-6-4-5-7-15(13)12-30-21-26-25-20(14(2)24-19(28)11-29-3)27(21)18-9-8-16(22)10-17(18)23/h4-10,14H,11-12H2,1-3H3,(H,24,28). The lowest BCUT2D eigenvalue weighted by atomic mass is 10.1. The summed E-state index contributed by atoms with van der Waals surface area (Å²) in [7, 11) is 1.47. The van der Waals surface area contributed by atoms with Crippen molar-refractivity contribution in [2.75, 3.05) is 13.7 Å². The summed E-state index contributed by atoms with van der Waals surface area (Å²) >= 11 is 14.1. The summed E-state index contributed by atoms with van der Waals surface area (Å²) in [6.07, 6.45) is 0. The maximum atomic E-state index is 12.0. The van der Waals surface area contributed by atoms with Crippen molar-refractivity contribution in [2.45, 2.75) is 30.8 Å². The number of benzene rings is 2. The number of thioether (sulfide) groups is 1. The molecule has 158 valence electrons. The lowest BCUT2D eigenvalue weighted by molar-refractivity contribution is -0.125. The smallest absolute Gasteiger partial charge is 0.246 e. The van der Waals surface area contributed by atoms with Crippen molar-refractivity contribution < 1.29 is 9.53 Å². The largest absolute Gasteiger partial charge is 0.375 e. The van der Waals surface area contributed by atoms with Gasteiger partial charge in [0.15, 0.2) is 11.0 Å². The van der Waals surface area contributed by atoms with E-state index in [9.17, 15) is 4.79 Å². The van der Waals surface area contributed by atoms with Gasteiger partial charge in [-0.05, 0) is 43.2 Å². The average Bonchev–Trinajstić information content (AvgIpc) is 3.11. The Morgan fingerprint density at radius 1 is 1.23 bits per heavy atom. The van der Waals surface area contributed by atoms with Crippen LogP contribution in [0.1, 0.15) is 29.9 Å². The first kappa shape index (κ1) is 22.6. The van der Waals surface area contributed by atoms with Gasteiger partial charge in [-0.3, -0.25) is 9.36 Å². The van der Waals surface area contributed by atoms with Gasteiger partial charge in [0, 0.05) is 17.9 Å². The number of carbonyl (C=O) groups excluding carboxylic acids is 1. The quantitative estimate of drug-likeness (QED) is 0.475. The number of hydrogen-bond acceptors (Lipinski definition) is 5. The van der Waals surface area contributed by atoms with Crippen molar-refractivity contribution in [3.8, 4) is 5.69 Å². The second-order valence-electron chi connectivity index (χ2n) is 6.71. The molecule has 1 unspecified atom stereocenters. The van der Waals surface area contributed by atoms with Crippen LogP contribution >= 0.6 is 35.0 Å². The molecule has 3 aromatic rings. The van der Waals surface area contributed by atoms with Crippen LogP contribution in [0.2, 0.25) is 10.0 Å². The maximum absolute atomic E-state index is 12.0. The molecule has 2 aromatic carbocycles. The van der Waals surface area contributed by atoms with Crippen LogP contribution in [-0.4, -0.2) is 34.4 Å². The van der Waals surface area contributed by atoms with E-state index in [4.69, 9.17) is 27.9 Å². The fourth-order valence-electron chi connectivity index (χ4n) is 2.94. The Labute approximate surface area is 189 Å². The van der Waals surface area contributed by atoms with Gasteiger partial charge in [0.05, 0.1) is 16.8 Å². The van der Waals surface area contributed by atoms with E-state index >= 15 is 0 Å². The molecule has 0 aliphatic carbocycles. The van der Waals surface area contributed by atoms with Crippen LogP contribution < -0.4 is 5.32 Å². The van der Waals surface area contributed by atoms with Gasteiger partial charge in [-0.2, -0.15) is 0 Å². The zero-order chi connectivity index (χ0) is 21.7. The third-order valence-corrected chi connectivity index (χ3v) is 5.98. The monoisotopic (exact) mass is 464 g/mol. The number of hydrogen-bond donors (Lipinski definition) is 1. The van der Waals surface area contributed by atoms with Gasteiger partial charge >= 0.3 is 0 Å². The third-order valence-electron chi connectivity index (χ3n) is 4.47. The third kappa shape index (κ3) is 5.35. The lowest BCUT2D eigenvalue weighted by Crippen LogP contribution is -2.31. The summed E-state index contributed by atoms with van der Waals surface area (Å²) in [5, 5.41) is 13.3. The minimum atomic E-state index is -0.403. The Balaban J connectivity index is 1.97. The average molecular weight is 465 g/mol. The summed E-state index contributed by atoms with van der Waals surface area (Å²) in [6.45, 7) is 3.89. The molecule has 0 spiro atoms. The molecular weight excluding hydrogens is 443 g/mol. The van der Waals surface area contributed by atoms with Crippen LogP contribution in [0.15, 0.2) is 47.6 Å². The molecule has 0 saturated carbocycles. The summed E-state index contributed by atoms with van der Waals surface area (Å²) in [5.74, 6) is 1.05. The highest BCUT2D eigenvalue weighted by Gasteiger charge is 2.22. The Morgan fingerprint density at radius 2 is 2.00 bits per heavy atom. The number of methoxy groups -OCH3 is 1. The van der Waals surface area contributed by atoms with Gasteiger partial charge in [0.1, 0.15) is 6.61 Å². The molecule has 0 aliphatic rings. The van der Waals surface area contributed by atoms with Gasteiger partial charge in [0.25, 0.3) is 0 Å². The number of nitrogens with one attached hydrogen (secondary N) is 1. The van der Waals surface area contributed by atoms with Gasteiger partial charge < -0.3 is 10.1 Å². The Hall–Kier alpha value is -2.06. The zero-order valence-corrected chi connectivity index (χ0v) is 19.2. The van der Waals surface area contributed by atoms with Crippen molar-refractivity contribution in [1.82, 2.24) is 20.1 Å². The normalized spacial score (nSPS) is 12.0. The molecule has 0 fully saturated rings. The molecule has 0 radical (unpaired) electrons. The first-order chi connectivity index (χ1) is 14.4. The van der Waals surface area contributed by atoms with E-state index < -0.39 is 6.04 Å². The topological polar surface area (TPSA) is 69.0 Å². The van der Waals surface area contributed by atoms with Crippen molar-refractivity contribution in [1.29, 1.82) is 0 Å². The predicted octanol–water partition coefficient (Wildman–Crippen LogP) is 5.00. The van der Waals surface area contributed by atoms with Gasteiger partial charge in [0.2, 0.25) is 5.91 Å². The molecule has 1 amide bonds. The number of aryl methyl sites for hydroxylation is 1. The molecule has 1 heterocycles. The predicted molar refractivity (Wildman–Crippen MR) is 121 cm³/mol. The van der Waals surface area contributed by atoms with Gasteiger partial charge in [-0.25, -0.2) is 0 Å². The number of carbonyl (C=O) groups is 1. The number of ether oxygens (including phenoxy) is 1. The van der Waals surface area contributed by atoms with Crippen LogP contribution in [-0.2, 0) is 15.3 Å². The van der Waals surface area contributed by atoms with Crippen LogP contribution in [0.5, 0.6) is 0 Å². The van der Waals surface area contributed by atoms with E-state index in [1.165, 1.54) is 18.2 Å². The Bertz CT molecular complexity index is 1040. The summed E-state index contributed by atoms with van der Waals surface area (Å²) in [4.78, 5) is 12.0. The summed E-state index contributed by atoms with van der Waals surface area (Å²) in [6, 6.07) is 13.0. The molecule has 9 heteroatoms. The van der Waals surface area contributed by atoms with Gasteiger partial charge in [-0.15, -0.1) is 10.2 Å². The fourth-order valence-corrected chi connectivity index (χ4v) is 4.46. The molecule has 0 saturated heterocycles. The molecule has 6 nitrogen and oxygen atoms in total.